The van der Waals surface area contributed by atoms with Crippen molar-refractivity contribution in [2.24, 2.45) is 0 Å². The zero-order chi connectivity index (χ0) is 5.98. The standard InChI is InChI=1S/C6H8Cl2/c7-5-3-1-2-4-6(5)8/h1,3,5-6H,2,4H2/t5-,6-/m1/s1. The van der Waals surface area contributed by atoms with Gasteiger partial charge in [-0.2, -0.15) is 0 Å². The number of hydrogen-bond acceptors (Lipinski definition) is 0. The molecule has 1 rings (SSSR count). The molecule has 0 nitrogen and oxygen atoms in total. The van der Waals surface area contributed by atoms with Crippen LogP contribution in [0.15, 0.2) is 12.2 Å². The fourth-order valence-electron chi connectivity index (χ4n) is 0.761. The highest BCUT2D eigenvalue weighted by molar-refractivity contribution is 6.30. The molecule has 0 saturated carbocycles. The second-order valence-corrected chi connectivity index (χ2v) is 3.03. The van der Waals surface area contributed by atoms with E-state index >= 15 is 0 Å². The van der Waals surface area contributed by atoms with Crippen LogP contribution < -0.4 is 0 Å². The van der Waals surface area contributed by atoms with Crippen LogP contribution in [0.25, 0.3) is 0 Å². The van der Waals surface area contributed by atoms with E-state index in [1.807, 2.05) is 6.08 Å². The summed E-state index contributed by atoms with van der Waals surface area (Å²) < 4.78 is 0. The molecule has 0 spiro atoms. The highest BCUT2D eigenvalue weighted by Gasteiger charge is 2.15. The molecule has 0 aromatic heterocycles. The predicted octanol–water partition coefficient (Wildman–Crippen LogP) is 2.55. The maximum Gasteiger partial charge on any atom is 0.0679 e. The number of hydrogen-bond donors (Lipinski definition) is 0. The minimum absolute atomic E-state index is 0.0606. The van der Waals surface area contributed by atoms with Gasteiger partial charge >= 0.3 is 0 Å². The molecule has 2 heteroatoms. The van der Waals surface area contributed by atoms with E-state index in [9.17, 15) is 0 Å². The summed E-state index contributed by atoms with van der Waals surface area (Å²) in [5, 5.41) is 0.215. The van der Waals surface area contributed by atoms with E-state index in [1.165, 1.54) is 0 Å². The Morgan fingerprint density at radius 1 is 1.38 bits per heavy atom. The molecule has 0 fully saturated rings. The molecule has 46 valence electrons. The number of rotatable bonds is 0. The maximum absolute atomic E-state index is 5.78. The Bertz CT molecular complexity index is 98.7. The van der Waals surface area contributed by atoms with Gasteiger partial charge in [-0.15, -0.1) is 23.2 Å². The first-order valence-corrected chi connectivity index (χ1v) is 3.63. The molecule has 0 aromatic carbocycles. The monoisotopic (exact) mass is 150 g/mol. The van der Waals surface area contributed by atoms with E-state index in [0.29, 0.717) is 0 Å². The maximum atomic E-state index is 5.78. The van der Waals surface area contributed by atoms with Gasteiger partial charge in [0, 0.05) is 0 Å². The Labute approximate surface area is 59.5 Å². The topological polar surface area (TPSA) is 0 Å². The quantitative estimate of drug-likeness (QED) is 0.368. The molecule has 1 aliphatic carbocycles. The lowest BCUT2D eigenvalue weighted by Crippen LogP contribution is -2.14. The third-order valence-corrected chi connectivity index (χ3v) is 2.34. The Morgan fingerprint density at radius 3 is 2.50 bits per heavy atom. The van der Waals surface area contributed by atoms with E-state index in [1.54, 1.807) is 0 Å². The summed E-state index contributed by atoms with van der Waals surface area (Å²) in [7, 11) is 0. The third kappa shape index (κ3) is 1.40. The molecule has 0 bridgehead atoms. The van der Waals surface area contributed by atoms with Crippen molar-refractivity contribution >= 4 is 23.2 Å². The first-order chi connectivity index (χ1) is 3.80. The highest BCUT2D eigenvalue weighted by atomic mass is 35.5. The normalized spacial score (nSPS) is 37.8. The molecule has 1 aliphatic rings. The lowest BCUT2D eigenvalue weighted by molar-refractivity contribution is 0.745. The van der Waals surface area contributed by atoms with Gasteiger partial charge in [0.2, 0.25) is 0 Å². The summed E-state index contributed by atoms with van der Waals surface area (Å²) >= 11 is 11.5. The van der Waals surface area contributed by atoms with E-state index in [0.717, 1.165) is 12.8 Å². The highest BCUT2D eigenvalue weighted by Crippen LogP contribution is 2.21. The fourth-order valence-corrected chi connectivity index (χ4v) is 1.20. The average Bonchev–Trinajstić information content (AvgIpc) is 1.77. The largest absolute Gasteiger partial charge is 0.121 e. The summed E-state index contributed by atoms with van der Waals surface area (Å²) in [5.74, 6) is 0. The van der Waals surface area contributed by atoms with Crippen LogP contribution in [-0.4, -0.2) is 10.8 Å². The zero-order valence-electron chi connectivity index (χ0n) is 4.48. The van der Waals surface area contributed by atoms with E-state index in [2.05, 4.69) is 6.08 Å². The first-order valence-electron chi connectivity index (χ1n) is 2.75. The smallest absolute Gasteiger partial charge is 0.0679 e. The number of halogens is 2. The Morgan fingerprint density at radius 2 is 2.12 bits per heavy atom. The minimum Gasteiger partial charge on any atom is -0.121 e. The fraction of sp³-hybridized carbons (Fsp3) is 0.667. The number of allylic oxidation sites excluding steroid dienone is 2. The van der Waals surface area contributed by atoms with Gasteiger partial charge in [0.05, 0.1) is 10.8 Å². The van der Waals surface area contributed by atoms with Crippen molar-refractivity contribution in [3.05, 3.63) is 12.2 Å². The van der Waals surface area contributed by atoms with Gasteiger partial charge in [0.25, 0.3) is 0 Å². The van der Waals surface area contributed by atoms with Crippen LogP contribution in [0.4, 0.5) is 0 Å². The molecule has 0 saturated heterocycles. The SMILES string of the molecule is Cl[C@@H]1C=CCC[C@H]1Cl. The van der Waals surface area contributed by atoms with Crippen LogP contribution in [-0.2, 0) is 0 Å². The molecule has 0 radical (unpaired) electrons. The van der Waals surface area contributed by atoms with Crippen LogP contribution in [0.3, 0.4) is 0 Å². The van der Waals surface area contributed by atoms with Crippen LogP contribution >= 0.6 is 23.2 Å². The van der Waals surface area contributed by atoms with Gasteiger partial charge in [-0.3, -0.25) is 0 Å². The molecule has 0 aliphatic heterocycles. The van der Waals surface area contributed by atoms with Crippen LogP contribution in [0.5, 0.6) is 0 Å². The number of alkyl halides is 2. The molecule has 8 heavy (non-hydrogen) atoms. The van der Waals surface area contributed by atoms with Crippen molar-refractivity contribution in [1.29, 1.82) is 0 Å². The van der Waals surface area contributed by atoms with Crippen molar-refractivity contribution in [3.63, 3.8) is 0 Å². The van der Waals surface area contributed by atoms with E-state index in [4.69, 9.17) is 23.2 Å². The van der Waals surface area contributed by atoms with Crippen LogP contribution in [0.2, 0.25) is 0 Å². The summed E-state index contributed by atoms with van der Waals surface area (Å²) in [6, 6.07) is 0. The minimum atomic E-state index is 0.0606. The van der Waals surface area contributed by atoms with E-state index in [-0.39, 0.29) is 10.8 Å². The van der Waals surface area contributed by atoms with Crippen molar-refractivity contribution in [3.8, 4) is 0 Å². The summed E-state index contributed by atoms with van der Waals surface area (Å²) in [5.41, 5.74) is 0. The second-order valence-electron chi connectivity index (χ2n) is 1.97. The summed E-state index contributed by atoms with van der Waals surface area (Å²) in [6.45, 7) is 0. The van der Waals surface area contributed by atoms with Crippen LogP contribution in [0, 0.1) is 0 Å². The van der Waals surface area contributed by atoms with Crippen molar-refractivity contribution in [2.75, 3.05) is 0 Å². The lowest BCUT2D eigenvalue weighted by Gasteiger charge is -2.14. The van der Waals surface area contributed by atoms with Crippen molar-refractivity contribution in [2.45, 2.75) is 23.6 Å². The molecular weight excluding hydrogens is 143 g/mol. The molecule has 0 N–H and O–H groups in total. The van der Waals surface area contributed by atoms with Crippen molar-refractivity contribution in [1.82, 2.24) is 0 Å². The van der Waals surface area contributed by atoms with Gasteiger partial charge in [0.1, 0.15) is 0 Å². The summed E-state index contributed by atoms with van der Waals surface area (Å²) in [6.07, 6.45) is 6.14. The van der Waals surface area contributed by atoms with Gasteiger partial charge < -0.3 is 0 Å². The van der Waals surface area contributed by atoms with Gasteiger partial charge in [-0.1, -0.05) is 12.2 Å². The Balaban J connectivity index is 2.47. The third-order valence-electron chi connectivity index (χ3n) is 1.27. The molecule has 0 amide bonds. The lowest BCUT2D eigenvalue weighted by atomic mass is 10.1. The van der Waals surface area contributed by atoms with E-state index < -0.39 is 0 Å². The van der Waals surface area contributed by atoms with Gasteiger partial charge in [0.15, 0.2) is 0 Å². The zero-order valence-corrected chi connectivity index (χ0v) is 5.99. The average molecular weight is 151 g/mol. The molecule has 2 atom stereocenters. The predicted molar refractivity (Wildman–Crippen MR) is 37.7 cm³/mol. The molecule has 0 unspecified atom stereocenters. The van der Waals surface area contributed by atoms with Crippen molar-refractivity contribution < 1.29 is 0 Å². The molecular formula is C6H8Cl2. The summed E-state index contributed by atoms with van der Waals surface area (Å²) in [4.78, 5) is 0. The van der Waals surface area contributed by atoms with Crippen LogP contribution in [0.1, 0.15) is 12.8 Å². The van der Waals surface area contributed by atoms with Gasteiger partial charge in [-0.05, 0) is 12.8 Å². The molecule has 0 heterocycles. The first kappa shape index (κ1) is 6.44. The Hall–Kier alpha value is 0.320. The van der Waals surface area contributed by atoms with Gasteiger partial charge in [-0.25, -0.2) is 0 Å². The molecule has 0 aromatic rings. The Kier molecular flexibility index (Phi) is 2.21. The second kappa shape index (κ2) is 2.75.